The van der Waals surface area contributed by atoms with Crippen molar-refractivity contribution in [1.29, 1.82) is 0 Å². The maximum absolute atomic E-state index is 5.62. The SMILES string of the molecule is C[C@H]1OCCN(Cc2ccccc2)[C@H]1C. The summed E-state index contributed by atoms with van der Waals surface area (Å²) in [6.07, 6.45) is 0.350. The summed E-state index contributed by atoms with van der Waals surface area (Å²) in [7, 11) is 0. The summed E-state index contributed by atoms with van der Waals surface area (Å²) < 4.78 is 5.62. The molecule has 82 valence electrons. The molecular weight excluding hydrogens is 186 g/mol. The average Bonchev–Trinajstić information content (AvgIpc) is 2.26. The van der Waals surface area contributed by atoms with Crippen molar-refractivity contribution < 1.29 is 4.74 Å². The van der Waals surface area contributed by atoms with E-state index in [1.807, 2.05) is 0 Å². The predicted molar refractivity (Wildman–Crippen MR) is 61.7 cm³/mol. The van der Waals surface area contributed by atoms with Gasteiger partial charge in [-0.3, -0.25) is 4.90 Å². The summed E-state index contributed by atoms with van der Waals surface area (Å²) in [6.45, 7) is 7.34. The van der Waals surface area contributed by atoms with E-state index in [2.05, 4.69) is 49.1 Å². The summed E-state index contributed by atoms with van der Waals surface area (Å²) >= 11 is 0. The Morgan fingerprint density at radius 2 is 2.00 bits per heavy atom. The Kier molecular flexibility index (Phi) is 3.39. The van der Waals surface area contributed by atoms with Crippen LogP contribution in [0.25, 0.3) is 0 Å². The zero-order valence-corrected chi connectivity index (χ0v) is 9.52. The number of ether oxygens (including phenoxy) is 1. The fraction of sp³-hybridized carbons (Fsp3) is 0.538. The lowest BCUT2D eigenvalue weighted by Crippen LogP contribution is -2.47. The van der Waals surface area contributed by atoms with E-state index in [1.165, 1.54) is 5.56 Å². The van der Waals surface area contributed by atoms with Crippen molar-refractivity contribution in [3.8, 4) is 0 Å². The van der Waals surface area contributed by atoms with E-state index in [0.717, 1.165) is 19.7 Å². The number of hydrogen-bond acceptors (Lipinski definition) is 2. The van der Waals surface area contributed by atoms with Gasteiger partial charge in [0.1, 0.15) is 0 Å². The Morgan fingerprint density at radius 1 is 1.27 bits per heavy atom. The van der Waals surface area contributed by atoms with E-state index in [9.17, 15) is 0 Å². The maximum atomic E-state index is 5.62. The molecule has 0 spiro atoms. The largest absolute Gasteiger partial charge is 0.376 e. The van der Waals surface area contributed by atoms with Gasteiger partial charge in [-0.25, -0.2) is 0 Å². The van der Waals surface area contributed by atoms with Gasteiger partial charge in [0, 0.05) is 19.1 Å². The molecule has 1 saturated heterocycles. The van der Waals surface area contributed by atoms with Gasteiger partial charge < -0.3 is 4.74 Å². The van der Waals surface area contributed by atoms with E-state index in [-0.39, 0.29) is 0 Å². The first-order valence-electron chi connectivity index (χ1n) is 5.67. The molecule has 1 heterocycles. The average molecular weight is 205 g/mol. The van der Waals surface area contributed by atoms with Crippen LogP contribution >= 0.6 is 0 Å². The molecule has 2 rings (SSSR count). The van der Waals surface area contributed by atoms with Gasteiger partial charge in [-0.1, -0.05) is 30.3 Å². The first-order valence-corrected chi connectivity index (χ1v) is 5.67. The first kappa shape index (κ1) is 10.7. The minimum absolute atomic E-state index is 0.350. The normalized spacial score (nSPS) is 27.9. The zero-order valence-electron chi connectivity index (χ0n) is 9.52. The van der Waals surface area contributed by atoms with Gasteiger partial charge in [-0.2, -0.15) is 0 Å². The van der Waals surface area contributed by atoms with Crippen molar-refractivity contribution in [3.63, 3.8) is 0 Å². The van der Waals surface area contributed by atoms with Gasteiger partial charge in [-0.15, -0.1) is 0 Å². The third-order valence-corrected chi connectivity index (χ3v) is 3.24. The minimum Gasteiger partial charge on any atom is -0.376 e. The van der Waals surface area contributed by atoms with Gasteiger partial charge >= 0.3 is 0 Å². The molecule has 0 aromatic heterocycles. The molecule has 2 nitrogen and oxygen atoms in total. The third kappa shape index (κ3) is 2.58. The second-order valence-electron chi connectivity index (χ2n) is 4.27. The summed E-state index contributed by atoms with van der Waals surface area (Å²) in [5.74, 6) is 0. The van der Waals surface area contributed by atoms with Crippen molar-refractivity contribution in [3.05, 3.63) is 35.9 Å². The van der Waals surface area contributed by atoms with Crippen LogP contribution in [0.3, 0.4) is 0 Å². The molecule has 0 saturated carbocycles. The quantitative estimate of drug-likeness (QED) is 0.734. The van der Waals surface area contributed by atoms with Gasteiger partial charge in [0.2, 0.25) is 0 Å². The number of benzene rings is 1. The number of hydrogen-bond donors (Lipinski definition) is 0. The van der Waals surface area contributed by atoms with Crippen molar-refractivity contribution in [1.82, 2.24) is 4.90 Å². The van der Waals surface area contributed by atoms with Crippen LogP contribution in [0.1, 0.15) is 19.4 Å². The van der Waals surface area contributed by atoms with Crippen LogP contribution < -0.4 is 0 Å². The Balaban J connectivity index is 1.99. The first-order chi connectivity index (χ1) is 7.27. The van der Waals surface area contributed by atoms with Crippen molar-refractivity contribution >= 4 is 0 Å². The summed E-state index contributed by atoms with van der Waals surface area (Å²) in [5, 5.41) is 0. The van der Waals surface area contributed by atoms with Crippen LogP contribution in [0.15, 0.2) is 30.3 Å². The molecule has 15 heavy (non-hydrogen) atoms. The lowest BCUT2D eigenvalue weighted by molar-refractivity contribution is -0.0584. The van der Waals surface area contributed by atoms with E-state index in [0.29, 0.717) is 12.1 Å². The van der Waals surface area contributed by atoms with Crippen LogP contribution in [-0.2, 0) is 11.3 Å². The van der Waals surface area contributed by atoms with Gasteiger partial charge in [-0.05, 0) is 19.4 Å². The molecule has 1 aromatic rings. The lowest BCUT2D eigenvalue weighted by Gasteiger charge is -2.37. The van der Waals surface area contributed by atoms with Crippen LogP contribution in [0.2, 0.25) is 0 Å². The molecule has 0 amide bonds. The van der Waals surface area contributed by atoms with Crippen LogP contribution in [0.5, 0.6) is 0 Å². The van der Waals surface area contributed by atoms with Gasteiger partial charge in [0.25, 0.3) is 0 Å². The Morgan fingerprint density at radius 3 is 2.73 bits per heavy atom. The predicted octanol–water partition coefficient (Wildman–Crippen LogP) is 2.30. The molecule has 0 aliphatic carbocycles. The van der Waals surface area contributed by atoms with Crippen LogP contribution in [-0.4, -0.2) is 30.2 Å². The molecule has 1 aliphatic rings. The Labute approximate surface area is 91.9 Å². The highest BCUT2D eigenvalue weighted by Gasteiger charge is 2.24. The molecule has 1 aliphatic heterocycles. The third-order valence-electron chi connectivity index (χ3n) is 3.24. The second-order valence-corrected chi connectivity index (χ2v) is 4.27. The van der Waals surface area contributed by atoms with E-state index in [4.69, 9.17) is 4.74 Å². The van der Waals surface area contributed by atoms with Crippen molar-refractivity contribution in [2.24, 2.45) is 0 Å². The molecular formula is C13H19NO. The topological polar surface area (TPSA) is 12.5 Å². The van der Waals surface area contributed by atoms with E-state index in [1.54, 1.807) is 0 Å². The molecule has 2 heteroatoms. The number of rotatable bonds is 2. The fourth-order valence-electron chi connectivity index (χ4n) is 2.04. The fourth-order valence-corrected chi connectivity index (χ4v) is 2.04. The molecule has 0 bridgehead atoms. The lowest BCUT2D eigenvalue weighted by atomic mass is 10.1. The summed E-state index contributed by atoms with van der Waals surface area (Å²) in [6, 6.07) is 11.2. The molecule has 1 aromatic carbocycles. The van der Waals surface area contributed by atoms with Crippen molar-refractivity contribution in [2.45, 2.75) is 32.5 Å². The second kappa shape index (κ2) is 4.77. The molecule has 0 radical (unpaired) electrons. The number of nitrogens with zero attached hydrogens (tertiary/aromatic N) is 1. The summed E-state index contributed by atoms with van der Waals surface area (Å²) in [4.78, 5) is 2.49. The molecule has 0 N–H and O–H groups in total. The van der Waals surface area contributed by atoms with Gasteiger partial charge in [0.05, 0.1) is 12.7 Å². The standard InChI is InChI=1S/C13H19NO/c1-11-12(2)15-9-8-14(11)10-13-6-4-3-5-7-13/h3-7,11-12H,8-10H2,1-2H3/t11-,12+/m0/s1. The van der Waals surface area contributed by atoms with Crippen LogP contribution in [0, 0.1) is 0 Å². The smallest absolute Gasteiger partial charge is 0.0700 e. The summed E-state index contributed by atoms with van der Waals surface area (Å²) in [5.41, 5.74) is 1.39. The van der Waals surface area contributed by atoms with Crippen molar-refractivity contribution in [2.75, 3.05) is 13.2 Å². The molecule has 1 fully saturated rings. The van der Waals surface area contributed by atoms with E-state index >= 15 is 0 Å². The minimum atomic E-state index is 0.350. The van der Waals surface area contributed by atoms with Crippen LogP contribution in [0.4, 0.5) is 0 Å². The molecule has 2 atom stereocenters. The zero-order chi connectivity index (χ0) is 10.7. The Hall–Kier alpha value is -0.860. The highest BCUT2D eigenvalue weighted by molar-refractivity contribution is 5.14. The Bertz CT molecular complexity index is 299. The highest BCUT2D eigenvalue weighted by Crippen LogP contribution is 2.16. The highest BCUT2D eigenvalue weighted by atomic mass is 16.5. The van der Waals surface area contributed by atoms with Gasteiger partial charge in [0.15, 0.2) is 0 Å². The maximum Gasteiger partial charge on any atom is 0.0700 e. The monoisotopic (exact) mass is 205 g/mol. The molecule has 0 unspecified atom stereocenters. The van der Waals surface area contributed by atoms with E-state index < -0.39 is 0 Å². The number of morpholine rings is 1.